The summed E-state index contributed by atoms with van der Waals surface area (Å²) in [6.45, 7) is 4.01. The van der Waals surface area contributed by atoms with E-state index in [1.807, 2.05) is 0 Å². The highest BCUT2D eigenvalue weighted by Gasteiger charge is 2.22. The van der Waals surface area contributed by atoms with E-state index in [9.17, 15) is 14.4 Å². The summed E-state index contributed by atoms with van der Waals surface area (Å²) in [7, 11) is 0. The second kappa shape index (κ2) is 8.87. The number of aryl methyl sites for hydroxylation is 1. The number of unbranched alkanes of at least 4 members (excludes halogenated alkanes) is 1. The molecule has 0 saturated heterocycles. The Morgan fingerprint density at radius 3 is 2.68 bits per heavy atom. The molecule has 0 radical (unpaired) electrons. The van der Waals surface area contributed by atoms with Crippen molar-refractivity contribution in [2.24, 2.45) is 0 Å². The van der Waals surface area contributed by atoms with E-state index < -0.39 is 11.9 Å². The van der Waals surface area contributed by atoms with Crippen molar-refractivity contribution >= 4 is 17.6 Å². The van der Waals surface area contributed by atoms with Gasteiger partial charge in [-0.25, -0.2) is 0 Å². The van der Waals surface area contributed by atoms with Gasteiger partial charge in [0.25, 0.3) is 11.5 Å². The van der Waals surface area contributed by atoms with Gasteiger partial charge in [-0.05, 0) is 55.9 Å². The Balaban J connectivity index is 1.96. The number of anilines is 1. The van der Waals surface area contributed by atoms with Crippen LogP contribution in [0.15, 0.2) is 35.1 Å². The molecule has 1 N–H and O–H groups in total. The molecule has 1 aliphatic carbocycles. The largest absolute Gasteiger partial charge is 0.424 e. The highest BCUT2D eigenvalue weighted by atomic mass is 16.5. The van der Waals surface area contributed by atoms with Crippen molar-refractivity contribution in [3.05, 3.63) is 57.5 Å². The normalized spacial score (nSPS) is 12.9. The predicted octanol–water partition coefficient (Wildman–Crippen LogP) is 3.70. The molecule has 0 spiro atoms. The number of rotatable bonds is 6. The fourth-order valence-corrected chi connectivity index (χ4v) is 3.60. The van der Waals surface area contributed by atoms with Crippen LogP contribution < -0.4 is 15.6 Å². The van der Waals surface area contributed by atoms with Crippen LogP contribution in [0.4, 0.5) is 5.69 Å². The first kappa shape index (κ1) is 19.9. The summed E-state index contributed by atoms with van der Waals surface area (Å²) in [6.07, 6.45) is 5.77. The van der Waals surface area contributed by atoms with Crippen LogP contribution in [-0.2, 0) is 24.2 Å². The number of hydrogen-bond acceptors (Lipinski definition) is 4. The quantitative estimate of drug-likeness (QED) is 0.610. The van der Waals surface area contributed by atoms with E-state index in [0.29, 0.717) is 12.2 Å². The number of nitrogens with one attached hydrogen (secondary N) is 1. The summed E-state index contributed by atoms with van der Waals surface area (Å²) >= 11 is 0. The Hall–Kier alpha value is -2.89. The fourth-order valence-electron chi connectivity index (χ4n) is 3.60. The van der Waals surface area contributed by atoms with Gasteiger partial charge in [0.1, 0.15) is 5.56 Å². The zero-order valence-corrected chi connectivity index (χ0v) is 16.4. The third-order valence-corrected chi connectivity index (χ3v) is 4.97. The molecule has 1 amide bonds. The summed E-state index contributed by atoms with van der Waals surface area (Å²) in [5, 5.41) is 2.73. The standard InChI is InChI=1S/C22H26N2O4/c1-3-4-13-24-19-11-7-5-9-16(19)14-17(22(24)27)21(26)23-18-10-6-8-12-20(18)28-15(2)25/h6,8,10,12,14H,3-5,7,9,11,13H2,1-2H3,(H,23,26). The lowest BCUT2D eigenvalue weighted by Crippen LogP contribution is -2.33. The van der Waals surface area contributed by atoms with Gasteiger partial charge in [-0.1, -0.05) is 25.5 Å². The summed E-state index contributed by atoms with van der Waals surface area (Å²) in [6, 6.07) is 8.43. The second-order valence-electron chi connectivity index (χ2n) is 7.09. The van der Waals surface area contributed by atoms with Crippen LogP contribution in [0, 0.1) is 0 Å². The molecule has 0 bridgehead atoms. The van der Waals surface area contributed by atoms with Gasteiger partial charge in [0.2, 0.25) is 0 Å². The molecule has 1 aromatic carbocycles. The zero-order chi connectivity index (χ0) is 20.1. The van der Waals surface area contributed by atoms with Gasteiger partial charge in [0.05, 0.1) is 5.69 Å². The van der Waals surface area contributed by atoms with Crippen molar-refractivity contribution in [3.63, 3.8) is 0 Å². The molecule has 1 aromatic heterocycles. The number of amides is 1. The number of pyridine rings is 1. The van der Waals surface area contributed by atoms with Gasteiger partial charge < -0.3 is 14.6 Å². The number of aromatic nitrogens is 1. The minimum Gasteiger partial charge on any atom is -0.424 e. The molecule has 2 aromatic rings. The molecule has 0 atom stereocenters. The monoisotopic (exact) mass is 382 g/mol. The van der Waals surface area contributed by atoms with Crippen molar-refractivity contribution < 1.29 is 14.3 Å². The average molecular weight is 382 g/mol. The first-order valence-electron chi connectivity index (χ1n) is 9.85. The van der Waals surface area contributed by atoms with Gasteiger partial charge >= 0.3 is 5.97 Å². The van der Waals surface area contributed by atoms with Gasteiger partial charge in [0.15, 0.2) is 5.75 Å². The summed E-state index contributed by atoms with van der Waals surface area (Å²) in [4.78, 5) is 37.3. The Bertz CT molecular complexity index is 946. The first-order chi connectivity index (χ1) is 13.5. The van der Waals surface area contributed by atoms with Gasteiger partial charge in [-0.3, -0.25) is 14.4 Å². The summed E-state index contributed by atoms with van der Waals surface area (Å²) in [5.41, 5.74) is 2.40. The number of carbonyl (C=O) groups excluding carboxylic acids is 2. The van der Waals surface area contributed by atoms with Crippen molar-refractivity contribution in [3.8, 4) is 5.75 Å². The number of ether oxygens (including phenoxy) is 1. The molecule has 0 unspecified atom stereocenters. The minimum absolute atomic E-state index is 0.134. The summed E-state index contributed by atoms with van der Waals surface area (Å²) < 4.78 is 6.93. The Morgan fingerprint density at radius 2 is 1.93 bits per heavy atom. The Morgan fingerprint density at radius 1 is 1.18 bits per heavy atom. The molecule has 6 heteroatoms. The van der Waals surface area contributed by atoms with E-state index in [-0.39, 0.29) is 16.9 Å². The maximum Gasteiger partial charge on any atom is 0.308 e. The molecule has 3 rings (SSSR count). The van der Waals surface area contributed by atoms with Crippen LogP contribution in [0.1, 0.15) is 61.1 Å². The smallest absolute Gasteiger partial charge is 0.308 e. The van der Waals surface area contributed by atoms with Crippen LogP contribution in [0.2, 0.25) is 0 Å². The number of para-hydroxylation sites is 2. The molecule has 0 aliphatic heterocycles. The Kier molecular flexibility index (Phi) is 6.29. The number of esters is 1. The topological polar surface area (TPSA) is 77.4 Å². The van der Waals surface area contributed by atoms with Crippen LogP contribution in [0.3, 0.4) is 0 Å². The van der Waals surface area contributed by atoms with E-state index in [0.717, 1.165) is 49.8 Å². The van der Waals surface area contributed by atoms with Crippen LogP contribution in [0.25, 0.3) is 0 Å². The third-order valence-electron chi connectivity index (χ3n) is 4.97. The van der Waals surface area contributed by atoms with Crippen LogP contribution in [-0.4, -0.2) is 16.4 Å². The third kappa shape index (κ3) is 4.32. The molecular formula is C22H26N2O4. The summed E-state index contributed by atoms with van der Waals surface area (Å²) in [5.74, 6) is -0.701. The molecule has 1 heterocycles. The van der Waals surface area contributed by atoms with E-state index in [4.69, 9.17) is 4.74 Å². The van der Waals surface area contributed by atoms with E-state index in [1.54, 1.807) is 34.9 Å². The maximum absolute atomic E-state index is 13.1. The predicted molar refractivity (Wildman–Crippen MR) is 108 cm³/mol. The van der Waals surface area contributed by atoms with E-state index >= 15 is 0 Å². The first-order valence-corrected chi connectivity index (χ1v) is 9.85. The number of benzene rings is 1. The number of carbonyl (C=O) groups is 2. The van der Waals surface area contributed by atoms with Crippen molar-refractivity contribution in [1.82, 2.24) is 4.57 Å². The second-order valence-corrected chi connectivity index (χ2v) is 7.09. The maximum atomic E-state index is 13.1. The van der Waals surface area contributed by atoms with Gasteiger partial charge in [0, 0.05) is 19.2 Å². The van der Waals surface area contributed by atoms with Crippen molar-refractivity contribution in [1.29, 1.82) is 0 Å². The Labute approximate surface area is 164 Å². The molecule has 148 valence electrons. The number of fused-ring (bicyclic) bond motifs is 1. The van der Waals surface area contributed by atoms with Crippen molar-refractivity contribution in [2.75, 3.05) is 5.32 Å². The van der Waals surface area contributed by atoms with Crippen LogP contribution >= 0.6 is 0 Å². The average Bonchev–Trinajstić information content (AvgIpc) is 2.68. The number of nitrogens with zero attached hydrogens (tertiary/aromatic N) is 1. The number of hydrogen-bond donors (Lipinski definition) is 1. The van der Waals surface area contributed by atoms with Crippen LogP contribution in [0.5, 0.6) is 5.75 Å². The lowest BCUT2D eigenvalue weighted by Gasteiger charge is -2.22. The van der Waals surface area contributed by atoms with E-state index in [1.165, 1.54) is 6.92 Å². The lowest BCUT2D eigenvalue weighted by atomic mass is 9.94. The minimum atomic E-state index is -0.483. The molecule has 6 nitrogen and oxygen atoms in total. The molecular weight excluding hydrogens is 356 g/mol. The molecule has 1 aliphatic rings. The lowest BCUT2D eigenvalue weighted by molar-refractivity contribution is -0.131. The molecule has 0 fully saturated rings. The van der Waals surface area contributed by atoms with Gasteiger partial charge in [-0.2, -0.15) is 0 Å². The molecule has 0 saturated carbocycles. The zero-order valence-electron chi connectivity index (χ0n) is 16.4. The molecule has 28 heavy (non-hydrogen) atoms. The van der Waals surface area contributed by atoms with Crippen molar-refractivity contribution in [2.45, 2.75) is 58.9 Å². The SMILES string of the molecule is CCCCn1c2c(cc(C(=O)Nc3ccccc3OC(C)=O)c1=O)CCCC2. The van der Waals surface area contributed by atoms with E-state index in [2.05, 4.69) is 12.2 Å². The highest BCUT2D eigenvalue weighted by molar-refractivity contribution is 6.05. The highest BCUT2D eigenvalue weighted by Crippen LogP contribution is 2.25. The fraction of sp³-hybridized carbons (Fsp3) is 0.409. The van der Waals surface area contributed by atoms with Gasteiger partial charge in [-0.15, -0.1) is 0 Å².